The number of hydrogen-bond acceptors (Lipinski definition) is 5. The minimum Gasteiger partial charge on any atom is -0.451 e. The molecule has 1 saturated heterocycles. The minimum absolute atomic E-state index is 0.0879. The summed E-state index contributed by atoms with van der Waals surface area (Å²) < 4.78 is 5.00. The van der Waals surface area contributed by atoms with Crippen molar-refractivity contribution in [1.82, 2.24) is 14.8 Å². The molecule has 1 aliphatic rings. The number of urea groups is 1. The van der Waals surface area contributed by atoms with Crippen LogP contribution in [0.25, 0.3) is 0 Å². The molecule has 8 nitrogen and oxygen atoms in total. The highest BCUT2D eigenvalue weighted by Crippen LogP contribution is 2.17. The van der Waals surface area contributed by atoms with Gasteiger partial charge in [-0.25, -0.2) is 14.6 Å². The molecule has 1 aromatic heterocycles. The molecule has 0 atom stereocenters. The van der Waals surface area contributed by atoms with Crippen LogP contribution < -0.4 is 5.32 Å². The van der Waals surface area contributed by atoms with Crippen molar-refractivity contribution in [2.75, 3.05) is 38.1 Å². The van der Waals surface area contributed by atoms with Crippen LogP contribution in [0.3, 0.4) is 0 Å². The highest BCUT2D eigenvalue weighted by atomic mass is 35.5. The van der Waals surface area contributed by atoms with Crippen LogP contribution in [0.4, 0.5) is 10.5 Å². The van der Waals surface area contributed by atoms with Gasteiger partial charge in [0.25, 0.3) is 5.91 Å². The van der Waals surface area contributed by atoms with Crippen molar-refractivity contribution in [3.63, 3.8) is 0 Å². The molecule has 0 radical (unpaired) electrons. The van der Waals surface area contributed by atoms with E-state index in [1.807, 2.05) is 18.2 Å². The average Bonchev–Trinajstić information content (AvgIpc) is 2.74. The van der Waals surface area contributed by atoms with Crippen molar-refractivity contribution in [3.05, 3.63) is 58.3 Å². The number of carbonyl (C=O) groups excluding carboxylic acids is 3. The largest absolute Gasteiger partial charge is 0.451 e. The SMILES string of the molecule is O=C(OCC(=O)N1CCN(C(=O)Nc2ccccc2)CC1)c1nc(Cl)ccc1Cl. The van der Waals surface area contributed by atoms with E-state index >= 15 is 0 Å². The maximum Gasteiger partial charge on any atom is 0.359 e. The number of halogens is 2. The van der Waals surface area contributed by atoms with Gasteiger partial charge in [0, 0.05) is 31.9 Å². The van der Waals surface area contributed by atoms with Gasteiger partial charge in [0.15, 0.2) is 12.3 Å². The summed E-state index contributed by atoms with van der Waals surface area (Å²) in [5.41, 5.74) is 0.561. The van der Waals surface area contributed by atoms with Crippen molar-refractivity contribution in [1.29, 1.82) is 0 Å². The second-order valence-electron chi connectivity index (χ2n) is 6.20. The van der Waals surface area contributed by atoms with E-state index in [0.29, 0.717) is 31.9 Å². The number of benzene rings is 1. The molecule has 1 aliphatic heterocycles. The lowest BCUT2D eigenvalue weighted by atomic mass is 10.3. The third-order valence-electron chi connectivity index (χ3n) is 4.28. The smallest absolute Gasteiger partial charge is 0.359 e. The fourth-order valence-corrected chi connectivity index (χ4v) is 3.06. The fourth-order valence-electron chi connectivity index (χ4n) is 2.73. The summed E-state index contributed by atoms with van der Waals surface area (Å²) in [4.78, 5) is 43.6. The number of amides is 3. The molecule has 0 unspecified atom stereocenters. The molecule has 1 fully saturated rings. The van der Waals surface area contributed by atoms with E-state index in [4.69, 9.17) is 27.9 Å². The van der Waals surface area contributed by atoms with Gasteiger partial charge in [0.2, 0.25) is 0 Å². The van der Waals surface area contributed by atoms with E-state index in [-0.39, 0.29) is 27.8 Å². The topological polar surface area (TPSA) is 91.8 Å². The number of hydrogen-bond donors (Lipinski definition) is 1. The highest BCUT2D eigenvalue weighted by Gasteiger charge is 2.25. The van der Waals surface area contributed by atoms with Crippen molar-refractivity contribution in [2.45, 2.75) is 0 Å². The Labute approximate surface area is 177 Å². The Morgan fingerprint density at radius 2 is 1.62 bits per heavy atom. The van der Waals surface area contributed by atoms with E-state index in [9.17, 15) is 14.4 Å². The number of aromatic nitrogens is 1. The first-order valence-electron chi connectivity index (χ1n) is 8.82. The van der Waals surface area contributed by atoms with E-state index in [1.165, 1.54) is 17.0 Å². The van der Waals surface area contributed by atoms with E-state index in [1.54, 1.807) is 17.0 Å². The van der Waals surface area contributed by atoms with Gasteiger partial charge in [-0.1, -0.05) is 41.4 Å². The van der Waals surface area contributed by atoms with Crippen LogP contribution in [0.15, 0.2) is 42.5 Å². The Hall–Kier alpha value is -2.84. The Bertz CT molecular complexity index is 902. The lowest BCUT2D eigenvalue weighted by Gasteiger charge is -2.34. The summed E-state index contributed by atoms with van der Waals surface area (Å²) in [6.45, 7) is 0.989. The van der Waals surface area contributed by atoms with Gasteiger partial charge in [0.05, 0.1) is 5.02 Å². The molecule has 3 amide bonds. The number of para-hydroxylation sites is 1. The third kappa shape index (κ3) is 5.58. The molecule has 1 aromatic carbocycles. The summed E-state index contributed by atoms with van der Waals surface area (Å²) in [7, 11) is 0. The number of anilines is 1. The Morgan fingerprint density at radius 1 is 0.966 bits per heavy atom. The number of piperazine rings is 1. The summed E-state index contributed by atoms with van der Waals surface area (Å²) in [6, 6.07) is 11.8. The van der Waals surface area contributed by atoms with Crippen LogP contribution in [0, 0.1) is 0 Å². The zero-order valence-corrected chi connectivity index (χ0v) is 16.8. The predicted molar refractivity (Wildman–Crippen MR) is 108 cm³/mol. The van der Waals surface area contributed by atoms with Crippen LogP contribution >= 0.6 is 23.2 Å². The minimum atomic E-state index is -0.827. The first-order valence-corrected chi connectivity index (χ1v) is 9.57. The summed E-state index contributed by atoms with van der Waals surface area (Å²) >= 11 is 11.6. The maximum absolute atomic E-state index is 12.3. The number of nitrogens with one attached hydrogen (secondary N) is 1. The number of nitrogens with zero attached hydrogens (tertiary/aromatic N) is 3. The van der Waals surface area contributed by atoms with Crippen LogP contribution in [0.1, 0.15) is 10.5 Å². The molecule has 10 heteroatoms. The zero-order valence-electron chi connectivity index (χ0n) is 15.3. The van der Waals surface area contributed by atoms with E-state index in [2.05, 4.69) is 10.3 Å². The van der Waals surface area contributed by atoms with Crippen molar-refractivity contribution in [2.24, 2.45) is 0 Å². The van der Waals surface area contributed by atoms with Gasteiger partial charge in [-0.05, 0) is 24.3 Å². The molecule has 0 spiro atoms. The van der Waals surface area contributed by atoms with Crippen molar-refractivity contribution in [3.8, 4) is 0 Å². The number of esters is 1. The van der Waals surface area contributed by atoms with E-state index in [0.717, 1.165) is 0 Å². The van der Waals surface area contributed by atoms with Gasteiger partial charge in [-0.15, -0.1) is 0 Å². The van der Waals surface area contributed by atoms with Crippen LogP contribution in [0.5, 0.6) is 0 Å². The predicted octanol–water partition coefficient (Wildman–Crippen LogP) is 2.92. The average molecular weight is 437 g/mol. The molecule has 2 heterocycles. The molecular formula is C19H18Cl2N4O4. The van der Waals surface area contributed by atoms with Crippen molar-refractivity contribution >= 4 is 46.8 Å². The quantitative estimate of drug-likeness (QED) is 0.587. The number of rotatable bonds is 4. The first kappa shape index (κ1) is 20.9. The lowest BCUT2D eigenvalue weighted by Crippen LogP contribution is -2.52. The molecule has 152 valence electrons. The summed E-state index contributed by atoms with van der Waals surface area (Å²) in [5, 5.41) is 2.99. The Balaban J connectivity index is 1.45. The highest BCUT2D eigenvalue weighted by molar-refractivity contribution is 6.34. The second-order valence-corrected chi connectivity index (χ2v) is 7.00. The molecule has 2 aromatic rings. The maximum atomic E-state index is 12.3. The molecule has 29 heavy (non-hydrogen) atoms. The molecule has 0 aliphatic carbocycles. The molecule has 0 saturated carbocycles. The summed E-state index contributed by atoms with van der Waals surface area (Å²) in [6.07, 6.45) is 0. The van der Waals surface area contributed by atoms with Crippen LogP contribution in [0.2, 0.25) is 10.2 Å². The van der Waals surface area contributed by atoms with Gasteiger partial charge < -0.3 is 19.9 Å². The molecule has 1 N–H and O–H groups in total. The molecular weight excluding hydrogens is 419 g/mol. The molecule has 0 bridgehead atoms. The molecule has 3 rings (SSSR count). The van der Waals surface area contributed by atoms with Crippen LogP contribution in [-0.2, 0) is 9.53 Å². The van der Waals surface area contributed by atoms with E-state index < -0.39 is 12.6 Å². The monoisotopic (exact) mass is 436 g/mol. The van der Waals surface area contributed by atoms with Gasteiger partial charge >= 0.3 is 12.0 Å². The number of ether oxygens (including phenoxy) is 1. The normalized spacial score (nSPS) is 13.7. The van der Waals surface area contributed by atoms with Gasteiger partial charge in [0.1, 0.15) is 5.15 Å². The summed E-state index contributed by atoms with van der Waals surface area (Å²) in [5.74, 6) is -1.19. The van der Waals surface area contributed by atoms with Crippen molar-refractivity contribution < 1.29 is 19.1 Å². The number of carbonyl (C=O) groups is 3. The standard InChI is InChI=1S/C19H18Cl2N4O4/c20-14-6-7-15(21)23-17(14)18(27)29-12-16(26)24-8-10-25(11-9-24)19(28)22-13-4-2-1-3-5-13/h1-7H,8-12H2,(H,22,28). The zero-order chi connectivity index (χ0) is 20.8. The van der Waals surface area contributed by atoms with Gasteiger partial charge in [-0.3, -0.25) is 4.79 Å². The first-order chi connectivity index (χ1) is 13.9. The van der Waals surface area contributed by atoms with Crippen LogP contribution in [-0.4, -0.2) is 65.5 Å². The number of pyridine rings is 1. The fraction of sp³-hybridized carbons (Fsp3) is 0.263. The Morgan fingerprint density at radius 3 is 2.31 bits per heavy atom. The Kier molecular flexibility index (Phi) is 6.90. The third-order valence-corrected chi connectivity index (χ3v) is 4.79. The second kappa shape index (κ2) is 9.58. The van der Waals surface area contributed by atoms with Gasteiger partial charge in [-0.2, -0.15) is 0 Å². The lowest BCUT2D eigenvalue weighted by molar-refractivity contribution is -0.135.